The first-order valence-corrected chi connectivity index (χ1v) is 5.33. The predicted octanol–water partition coefficient (Wildman–Crippen LogP) is 2.07. The number of carbonyl (C=O) groups excluding carboxylic acids is 1. The number of rotatable bonds is 4. The Morgan fingerprint density at radius 2 is 2.29 bits per heavy atom. The molecule has 17 heavy (non-hydrogen) atoms. The maximum atomic E-state index is 11.4. The third-order valence-electron chi connectivity index (χ3n) is 2.18. The normalized spacial score (nSPS) is 10.5. The van der Waals surface area contributed by atoms with Gasteiger partial charge < -0.3 is 13.7 Å². The smallest absolute Gasteiger partial charge is 0.379 e. The fraction of sp³-hybridized carbons (Fsp3) is 0.364. The van der Waals surface area contributed by atoms with Crippen molar-refractivity contribution in [3.8, 4) is 11.5 Å². The number of esters is 1. The summed E-state index contributed by atoms with van der Waals surface area (Å²) >= 11 is 0. The van der Waals surface area contributed by atoms with Crippen molar-refractivity contribution < 1.29 is 18.5 Å². The van der Waals surface area contributed by atoms with Gasteiger partial charge in [-0.15, -0.1) is 0 Å². The first-order chi connectivity index (χ1) is 8.26. The lowest BCUT2D eigenvalue weighted by atomic mass is 10.2. The summed E-state index contributed by atoms with van der Waals surface area (Å²) in [4.78, 5) is 15.3. The van der Waals surface area contributed by atoms with Gasteiger partial charge in [-0.2, -0.15) is 4.98 Å². The summed E-state index contributed by atoms with van der Waals surface area (Å²) in [6.07, 6.45) is 2.25. The molecule has 0 unspecified atom stereocenters. The second-order valence-electron chi connectivity index (χ2n) is 3.25. The molecule has 0 aliphatic heterocycles. The van der Waals surface area contributed by atoms with Crippen LogP contribution < -0.4 is 0 Å². The number of furan rings is 1. The summed E-state index contributed by atoms with van der Waals surface area (Å²) in [5.41, 5.74) is 0.704. The highest BCUT2D eigenvalue weighted by atomic mass is 16.5. The maximum absolute atomic E-state index is 11.4. The van der Waals surface area contributed by atoms with Crippen molar-refractivity contribution in [3.05, 3.63) is 23.9 Å². The molecule has 2 rings (SSSR count). The van der Waals surface area contributed by atoms with Gasteiger partial charge in [-0.25, -0.2) is 4.79 Å². The Bertz CT molecular complexity index is 515. The Labute approximate surface area is 97.6 Å². The molecule has 0 saturated heterocycles. The SMILES string of the molecule is CCOC(=O)c1noc(-c2ccoc2CC)n1. The molecule has 6 heteroatoms. The van der Waals surface area contributed by atoms with E-state index in [2.05, 4.69) is 10.1 Å². The summed E-state index contributed by atoms with van der Waals surface area (Å²) in [6, 6.07) is 1.72. The van der Waals surface area contributed by atoms with E-state index < -0.39 is 5.97 Å². The number of aromatic nitrogens is 2. The number of carbonyl (C=O) groups is 1. The Balaban J connectivity index is 2.27. The van der Waals surface area contributed by atoms with Crippen molar-refractivity contribution in [1.29, 1.82) is 0 Å². The van der Waals surface area contributed by atoms with Crippen LogP contribution in [0.25, 0.3) is 11.5 Å². The van der Waals surface area contributed by atoms with Crippen LogP contribution in [-0.4, -0.2) is 22.7 Å². The Hall–Kier alpha value is -2.11. The van der Waals surface area contributed by atoms with Crippen LogP contribution in [0, 0.1) is 0 Å². The second kappa shape index (κ2) is 4.82. The third-order valence-corrected chi connectivity index (χ3v) is 2.18. The summed E-state index contributed by atoms with van der Waals surface area (Å²) in [5.74, 6) is 0.330. The van der Waals surface area contributed by atoms with Crippen molar-refractivity contribution >= 4 is 5.97 Å². The standard InChI is InChI=1S/C11H12N2O4/c1-3-8-7(5-6-16-8)10-12-9(13-17-10)11(14)15-4-2/h5-6H,3-4H2,1-2H3. The van der Waals surface area contributed by atoms with Gasteiger partial charge in [-0.05, 0) is 18.1 Å². The van der Waals surface area contributed by atoms with E-state index >= 15 is 0 Å². The fourth-order valence-corrected chi connectivity index (χ4v) is 1.42. The molecule has 2 aromatic heterocycles. The fourth-order valence-electron chi connectivity index (χ4n) is 1.42. The predicted molar refractivity (Wildman–Crippen MR) is 57.3 cm³/mol. The average Bonchev–Trinajstić information content (AvgIpc) is 2.97. The molecule has 0 bridgehead atoms. The van der Waals surface area contributed by atoms with Crippen molar-refractivity contribution in [2.75, 3.05) is 6.61 Å². The van der Waals surface area contributed by atoms with Crippen LogP contribution in [0.2, 0.25) is 0 Å². The number of aryl methyl sites for hydroxylation is 1. The lowest BCUT2D eigenvalue weighted by Crippen LogP contribution is -2.06. The van der Waals surface area contributed by atoms with Crippen LogP contribution in [0.1, 0.15) is 30.2 Å². The minimum Gasteiger partial charge on any atom is -0.469 e. The highest BCUT2D eigenvalue weighted by Gasteiger charge is 2.19. The zero-order chi connectivity index (χ0) is 12.3. The number of hydrogen-bond acceptors (Lipinski definition) is 6. The largest absolute Gasteiger partial charge is 0.469 e. The molecule has 0 aromatic carbocycles. The Morgan fingerprint density at radius 1 is 1.47 bits per heavy atom. The molecule has 6 nitrogen and oxygen atoms in total. The van der Waals surface area contributed by atoms with Gasteiger partial charge in [0.25, 0.3) is 11.7 Å². The minimum absolute atomic E-state index is 0.0786. The van der Waals surface area contributed by atoms with E-state index in [1.54, 1.807) is 19.3 Å². The zero-order valence-corrected chi connectivity index (χ0v) is 9.60. The Kier molecular flexibility index (Phi) is 3.22. The van der Waals surface area contributed by atoms with E-state index in [9.17, 15) is 4.79 Å². The van der Waals surface area contributed by atoms with Crippen LogP contribution >= 0.6 is 0 Å². The lowest BCUT2D eigenvalue weighted by molar-refractivity contribution is 0.0508. The molecule has 2 aromatic rings. The van der Waals surface area contributed by atoms with Crippen molar-refractivity contribution in [1.82, 2.24) is 10.1 Å². The number of hydrogen-bond donors (Lipinski definition) is 0. The molecule has 0 aliphatic rings. The maximum Gasteiger partial charge on any atom is 0.379 e. The van der Waals surface area contributed by atoms with Gasteiger partial charge in [-0.1, -0.05) is 6.92 Å². The zero-order valence-electron chi connectivity index (χ0n) is 9.60. The van der Waals surface area contributed by atoms with Gasteiger partial charge >= 0.3 is 5.97 Å². The quantitative estimate of drug-likeness (QED) is 0.756. The van der Waals surface area contributed by atoms with E-state index in [1.165, 1.54) is 0 Å². The molecule has 0 N–H and O–H groups in total. The number of ether oxygens (including phenoxy) is 1. The van der Waals surface area contributed by atoms with E-state index in [0.717, 1.165) is 5.76 Å². The molecule has 90 valence electrons. The molecule has 0 aliphatic carbocycles. The second-order valence-corrected chi connectivity index (χ2v) is 3.25. The van der Waals surface area contributed by atoms with Crippen LogP contribution in [0.3, 0.4) is 0 Å². The summed E-state index contributed by atoms with van der Waals surface area (Å²) < 4.78 is 15.0. The van der Waals surface area contributed by atoms with Gasteiger partial charge in [0.15, 0.2) is 0 Å². The van der Waals surface area contributed by atoms with E-state index in [1.807, 2.05) is 6.92 Å². The van der Waals surface area contributed by atoms with Crippen molar-refractivity contribution in [2.24, 2.45) is 0 Å². The molecule has 0 radical (unpaired) electrons. The molecule has 0 saturated carbocycles. The van der Waals surface area contributed by atoms with Crippen molar-refractivity contribution in [3.63, 3.8) is 0 Å². The van der Waals surface area contributed by atoms with Crippen LogP contribution in [0.4, 0.5) is 0 Å². The molecular formula is C11H12N2O4. The first kappa shape index (κ1) is 11.4. The minimum atomic E-state index is -0.593. The summed E-state index contributed by atoms with van der Waals surface area (Å²) in [6.45, 7) is 3.93. The lowest BCUT2D eigenvalue weighted by Gasteiger charge is -1.94. The van der Waals surface area contributed by atoms with Gasteiger partial charge in [-0.3, -0.25) is 0 Å². The molecule has 2 heterocycles. The highest BCUT2D eigenvalue weighted by molar-refractivity contribution is 5.85. The third kappa shape index (κ3) is 2.20. The van der Waals surface area contributed by atoms with Gasteiger partial charge in [0, 0.05) is 6.42 Å². The Morgan fingerprint density at radius 3 is 3.00 bits per heavy atom. The monoisotopic (exact) mass is 236 g/mol. The van der Waals surface area contributed by atoms with Crippen molar-refractivity contribution in [2.45, 2.75) is 20.3 Å². The van der Waals surface area contributed by atoms with E-state index in [-0.39, 0.29) is 18.3 Å². The molecule has 0 amide bonds. The highest BCUT2D eigenvalue weighted by Crippen LogP contribution is 2.23. The molecular weight excluding hydrogens is 224 g/mol. The van der Waals surface area contributed by atoms with Gasteiger partial charge in [0.2, 0.25) is 0 Å². The topological polar surface area (TPSA) is 78.4 Å². The van der Waals surface area contributed by atoms with E-state index in [4.69, 9.17) is 13.7 Å². The number of nitrogens with zero attached hydrogens (tertiary/aromatic N) is 2. The average molecular weight is 236 g/mol. The summed E-state index contributed by atoms with van der Waals surface area (Å²) in [5, 5.41) is 3.56. The molecule has 0 fully saturated rings. The molecule has 0 spiro atoms. The van der Waals surface area contributed by atoms with Crippen LogP contribution in [0.5, 0.6) is 0 Å². The molecule has 0 atom stereocenters. The van der Waals surface area contributed by atoms with E-state index in [0.29, 0.717) is 12.0 Å². The van der Waals surface area contributed by atoms with Crippen LogP contribution in [0.15, 0.2) is 21.3 Å². The van der Waals surface area contributed by atoms with Crippen LogP contribution in [-0.2, 0) is 11.2 Å². The van der Waals surface area contributed by atoms with Gasteiger partial charge in [0.05, 0.1) is 18.4 Å². The first-order valence-electron chi connectivity index (χ1n) is 5.33. The van der Waals surface area contributed by atoms with Gasteiger partial charge in [0.1, 0.15) is 5.76 Å². The summed E-state index contributed by atoms with van der Waals surface area (Å²) in [7, 11) is 0.